The third-order valence-electron chi connectivity index (χ3n) is 2.08. The number of benzene rings is 1. The molecule has 1 unspecified atom stereocenters. The van der Waals surface area contributed by atoms with E-state index in [9.17, 15) is 9.18 Å². The van der Waals surface area contributed by atoms with Gasteiger partial charge in [0.05, 0.1) is 5.69 Å². The molecule has 1 atom stereocenters. The number of carboxylic acid groups (broad SMARTS) is 1. The summed E-state index contributed by atoms with van der Waals surface area (Å²) in [5.74, 6) is -1.38. The highest BCUT2D eigenvalue weighted by atomic mass is 32.2. The summed E-state index contributed by atoms with van der Waals surface area (Å²) in [7, 11) is 0. The fraction of sp³-hybridized carbons (Fsp3) is 0.364. The highest BCUT2D eigenvalue weighted by Gasteiger charge is 2.18. The van der Waals surface area contributed by atoms with Crippen LogP contribution >= 0.6 is 11.8 Å². The molecule has 5 heteroatoms. The Bertz CT molecular complexity index is 384. The molecule has 3 N–H and O–H groups in total. The van der Waals surface area contributed by atoms with Crippen LogP contribution in [0.5, 0.6) is 0 Å². The lowest BCUT2D eigenvalue weighted by atomic mass is 10.2. The van der Waals surface area contributed by atoms with Gasteiger partial charge in [-0.15, -0.1) is 11.8 Å². The van der Waals surface area contributed by atoms with Crippen LogP contribution < -0.4 is 5.73 Å². The Hall–Kier alpha value is -1.23. The van der Waals surface area contributed by atoms with Gasteiger partial charge in [-0.05, 0) is 24.6 Å². The van der Waals surface area contributed by atoms with Crippen LogP contribution in [0.25, 0.3) is 0 Å². The topological polar surface area (TPSA) is 63.3 Å². The molecule has 1 aromatic carbocycles. The minimum Gasteiger partial charge on any atom is -0.480 e. The molecule has 0 aliphatic rings. The second kappa shape index (κ2) is 5.75. The Morgan fingerprint density at radius 1 is 1.62 bits per heavy atom. The van der Waals surface area contributed by atoms with E-state index in [1.165, 1.54) is 12.1 Å². The molecule has 0 heterocycles. The summed E-state index contributed by atoms with van der Waals surface area (Å²) >= 11 is 1.15. The zero-order valence-electron chi connectivity index (χ0n) is 8.94. The molecule has 1 rings (SSSR count). The number of thioether (sulfide) groups is 1. The van der Waals surface area contributed by atoms with Crippen LogP contribution in [-0.4, -0.2) is 16.3 Å². The molecule has 0 spiro atoms. The summed E-state index contributed by atoms with van der Waals surface area (Å²) in [5, 5.41) is 8.42. The smallest absolute Gasteiger partial charge is 0.316 e. The van der Waals surface area contributed by atoms with Crippen LogP contribution in [0.15, 0.2) is 23.1 Å². The first-order valence-electron chi connectivity index (χ1n) is 4.99. The van der Waals surface area contributed by atoms with Gasteiger partial charge in [-0.2, -0.15) is 0 Å². The summed E-state index contributed by atoms with van der Waals surface area (Å²) in [6, 6.07) is 4.35. The highest BCUT2D eigenvalue weighted by molar-refractivity contribution is 8.00. The highest BCUT2D eigenvalue weighted by Crippen LogP contribution is 2.28. The fourth-order valence-corrected chi connectivity index (χ4v) is 2.34. The van der Waals surface area contributed by atoms with Crippen molar-refractivity contribution in [3.05, 3.63) is 24.0 Å². The van der Waals surface area contributed by atoms with Crippen LogP contribution in [-0.2, 0) is 4.79 Å². The lowest BCUT2D eigenvalue weighted by Crippen LogP contribution is -2.15. The molecule has 0 radical (unpaired) electrons. The Labute approximate surface area is 97.8 Å². The standard InChI is InChI=1S/C11H14FNO2S/c1-2-3-10(11(14)15)16-7-4-5-9(13)8(12)6-7/h4-6,10H,2-3,13H2,1H3,(H,14,15). The van der Waals surface area contributed by atoms with Crippen molar-refractivity contribution in [3.63, 3.8) is 0 Å². The maximum absolute atomic E-state index is 13.1. The quantitative estimate of drug-likeness (QED) is 0.616. The lowest BCUT2D eigenvalue weighted by molar-refractivity contribution is -0.136. The molecular weight excluding hydrogens is 229 g/mol. The third-order valence-corrected chi connectivity index (χ3v) is 3.32. The maximum atomic E-state index is 13.1. The Kier molecular flexibility index (Phi) is 4.61. The molecule has 16 heavy (non-hydrogen) atoms. The van der Waals surface area contributed by atoms with Gasteiger partial charge in [-0.1, -0.05) is 13.3 Å². The first kappa shape index (κ1) is 12.8. The predicted octanol–water partition coefficient (Wildman–Crippen LogP) is 2.75. The summed E-state index contributed by atoms with van der Waals surface area (Å²) < 4.78 is 13.1. The zero-order chi connectivity index (χ0) is 12.1. The second-order valence-corrected chi connectivity index (χ2v) is 4.69. The number of anilines is 1. The third kappa shape index (κ3) is 3.41. The Morgan fingerprint density at radius 3 is 2.81 bits per heavy atom. The van der Waals surface area contributed by atoms with E-state index in [0.29, 0.717) is 11.3 Å². The molecule has 1 aromatic rings. The first-order chi connectivity index (χ1) is 7.54. The van der Waals surface area contributed by atoms with E-state index in [2.05, 4.69) is 0 Å². The molecule has 0 saturated carbocycles. The molecule has 0 amide bonds. The number of carbonyl (C=O) groups is 1. The zero-order valence-corrected chi connectivity index (χ0v) is 9.76. The number of hydrogen-bond acceptors (Lipinski definition) is 3. The minimum atomic E-state index is -0.871. The van der Waals surface area contributed by atoms with Crippen LogP contribution in [0.4, 0.5) is 10.1 Å². The average molecular weight is 243 g/mol. The van der Waals surface area contributed by atoms with Gasteiger partial charge in [0.2, 0.25) is 0 Å². The van der Waals surface area contributed by atoms with E-state index in [1.807, 2.05) is 6.92 Å². The van der Waals surface area contributed by atoms with Crippen molar-refractivity contribution in [1.29, 1.82) is 0 Å². The van der Waals surface area contributed by atoms with E-state index in [1.54, 1.807) is 6.07 Å². The van der Waals surface area contributed by atoms with E-state index >= 15 is 0 Å². The second-order valence-electron chi connectivity index (χ2n) is 3.42. The van der Waals surface area contributed by atoms with Crippen molar-refractivity contribution >= 4 is 23.4 Å². The van der Waals surface area contributed by atoms with Gasteiger partial charge >= 0.3 is 5.97 Å². The molecular formula is C11H14FNO2S. The summed E-state index contributed by atoms with van der Waals surface area (Å²) in [4.78, 5) is 11.5. The van der Waals surface area contributed by atoms with E-state index in [4.69, 9.17) is 10.8 Å². The lowest BCUT2D eigenvalue weighted by Gasteiger charge is -2.10. The normalized spacial score (nSPS) is 12.4. The summed E-state index contributed by atoms with van der Waals surface area (Å²) in [6.07, 6.45) is 1.34. The van der Waals surface area contributed by atoms with Gasteiger partial charge in [-0.3, -0.25) is 4.79 Å². The molecule has 0 saturated heterocycles. The van der Waals surface area contributed by atoms with Crippen molar-refractivity contribution in [2.75, 3.05) is 5.73 Å². The van der Waals surface area contributed by atoms with E-state index in [-0.39, 0.29) is 5.69 Å². The number of aliphatic carboxylic acids is 1. The predicted molar refractivity (Wildman–Crippen MR) is 63.0 cm³/mol. The van der Waals surface area contributed by atoms with Gasteiger partial charge in [0.15, 0.2) is 0 Å². The monoisotopic (exact) mass is 243 g/mol. The number of rotatable bonds is 5. The van der Waals surface area contributed by atoms with Crippen LogP contribution in [0.1, 0.15) is 19.8 Å². The molecule has 0 aliphatic carbocycles. The Morgan fingerprint density at radius 2 is 2.31 bits per heavy atom. The van der Waals surface area contributed by atoms with Gasteiger partial charge in [0, 0.05) is 4.90 Å². The number of halogens is 1. The Balaban J connectivity index is 2.77. The molecule has 88 valence electrons. The van der Waals surface area contributed by atoms with E-state index < -0.39 is 17.0 Å². The molecule has 0 aromatic heterocycles. The van der Waals surface area contributed by atoms with Gasteiger partial charge < -0.3 is 10.8 Å². The molecule has 3 nitrogen and oxygen atoms in total. The summed E-state index contributed by atoms with van der Waals surface area (Å²) in [6.45, 7) is 1.92. The van der Waals surface area contributed by atoms with Crippen molar-refractivity contribution in [2.45, 2.75) is 29.9 Å². The van der Waals surface area contributed by atoms with Crippen molar-refractivity contribution in [1.82, 2.24) is 0 Å². The van der Waals surface area contributed by atoms with E-state index in [0.717, 1.165) is 18.2 Å². The van der Waals surface area contributed by atoms with Crippen molar-refractivity contribution < 1.29 is 14.3 Å². The minimum absolute atomic E-state index is 0.0757. The van der Waals surface area contributed by atoms with Gasteiger partial charge in [0.25, 0.3) is 0 Å². The number of hydrogen-bond donors (Lipinski definition) is 2. The SMILES string of the molecule is CCCC(Sc1ccc(N)c(F)c1)C(=O)O. The van der Waals surface area contributed by atoms with Crippen LogP contribution in [0.3, 0.4) is 0 Å². The molecule has 0 bridgehead atoms. The number of nitrogen functional groups attached to an aromatic ring is 1. The van der Waals surface area contributed by atoms with Crippen LogP contribution in [0.2, 0.25) is 0 Å². The average Bonchev–Trinajstić information content (AvgIpc) is 2.22. The number of carboxylic acids is 1. The van der Waals surface area contributed by atoms with Crippen LogP contribution in [0, 0.1) is 5.82 Å². The van der Waals surface area contributed by atoms with Crippen molar-refractivity contribution in [3.8, 4) is 0 Å². The number of nitrogens with two attached hydrogens (primary N) is 1. The van der Waals surface area contributed by atoms with Crippen molar-refractivity contribution in [2.24, 2.45) is 0 Å². The molecule has 0 fully saturated rings. The van der Waals surface area contributed by atoms with Gasteiger partial charge in [-0.25, -0.2) is 4.39 Å². The molecule has 0 aliphatic heterocycles. The fourth-order valence-electron chi connectivity index (χ4n) is 1.24. The summed E-state index contributed by atoms with van der Waals surface area (Å²) in [5.41, 5.74) is 5.41. The van der Waals surface area contributed by atoms with Gasteiger partial charge in [0.1, 0.15) is 11.1 Å². The maximum Gasteiger partial charge on any atom is 0.316 e. The first-order valence-corrected chi connectivity index (χ1v) is 5.87. The largest absolute Gasteiger partial charge is 0.480 e.